The van der Waals surface area contributed by atoms with Crippen LogP contribution in [0.4, 0.5) is 5.69 Å². The number of aromatic nitrogens is 4. The second-order valence-corrected chi connectivity index (χ2v) is 14.0. The van der Waals surface area contributed by atoms with Gasteiger partial charge in [-0.2, -0.15) is 4.68 Å². The molecule has 1 fully saturated rings. The number of carbonyl (C=O) groups is 3. The average Bonchev–Trinajstić information content (AvgIpc) is 3.76. The van der Waals surface area contributed by atoms with Crippen LogP contribution in [0, 0.1) is 5.92 Å². The third-order valence-electron chi connectivity index (χ3n) is 9.30. The summed E-state index contributed by atoms with van der Waals surface area (Å²) in [5, 5.41) is 12.1. The lowest BCUT2D eigenvalue weighted by molar-refractivity contribution is -0.121. The van der Waals surface area contributed by atoms with Gasteiger partial charge in [0.1, 0.15) is 0 Å². The topological polar surface area (TPSA) is 98.1 Å². The zero-order valence-electron chi connectivity index (χ0n) is 27.8. The van der Waals surface area contributed by atoms with E-state index in [1.165, 1.54) is 100 Å². The van der Waals surface area contributed by atoms with Gasteiger partial charge in [0, 0.05) is 12.0 Å². The average molecular weight is 656 g/mol. The first kappa shape index (κ1) is 34.7. The number of fused-ring (bicyclic) bond motifs is 1. The van der Waals surface area contributed by atoms with Crippen molar-refractivity contribution in [2.45, 2.75) is 126 Å². The van der Waals surface area contributed by atoms with E-state index < -0.39 is 11.2 Å². The second kappa shape index (κ2) is 18.1. The fourth-order valence-corrected chi connectivity index (χ4v) is 7.73. The van der Waals surface area contributed by atoms with Crippen LogP contribution >= 0.6 is 11.8 Å². The van der Waals surface area contributed by atoms with Gasteiger partial charge in [-0.15, -0.1) is 5.10 Å². The number of benzene rings is 2. The minimum Gasteiger partial charge on any atom is -0.293 e. The number of nitrogens with zero attached hydrogens (tertiary/aromatic N) is 5. The molecule has 2 aliphatic rings. The second-order valence-electron chi connectivity index (χ2n) is 12.9. The fraction of sp³-hybridized carbons (Fsp3) is 0.526. The van der Waals surface area contributed by atoms with Crippen molar-refractivity contribution in [1.29, 1.82) is 0 Å². The van der Waals surface area contributed by atoms with Crippen LogP contribution in [-0.2, 0) is 16.0 Å². The van der Waals surface area contributed by atoms with Gasteiger partial charge in [0.2, 0.25) is 17.0 Å². The van der Waals surface area contributed by atoms with Crippen LogP contribution in [0.2, 0.25) is 0 Å². The molecule has 47 heavy (non-hydrogen) atoms. The number of hydrogen-bond acceptors (Lipinski definition) is 7. The van der Waals surface area contributed by atoms with Crippen molar-refractivity contribution in [3.8, 4) is 5.69 Å². The molecule has 2 atom stereocenters. The molecule has 0 spiro atoms. The van der Waals surface area contributed by atoms with E-state index in [1.54, 1.807) is 22.9 Å². The highest BCUT2D eigenvalue weighted by atomic mass is 32.2. The van der Waals surface area contributed by atoms with E-state index in [2.05, 4.69) is 28.5 Å². The Morgan fingerprint density at radius 2 is 1.45 bits per heavy atom. The van der Waals surface area contributed by atoms with Crippen LogP contribution in [0.25, 0.3) is 5.69 Å². The predicted octanol–water partition coefficient (Wildman–Crippen LogP) is 8.87. The lowest BCUT2D eigenvalue weighted by atomic mass is 10.0. The van der Waals surface area contributed by atoms with Crippen LogP contribution in [-0.4, -0.2) is 43.1 Å². The Hall–Kier alpha value is -3.59. The van der Waals surface area contributed by atoms with Crippen molar-refractivity contribution < 1.29 is 14.4 Å². The molecule has 0 saturated carbocycles. The van der Waals surface area contributed by atoms with E-state index in [0.717, 1.165) is 24.1 Å². The standard InChI is InChI=1S/C38H49N5O3S/c1-2-3-4-5-6-7-8-9-10-11-12-13-14-15-16-18-22-29-27-35(44)42(37(29)46)33-26-21-25-31-32(33)28-34(36(31)45)47-38-39-40-41-43(38)30-23-19-17-20-24-30/h17-26,29,34H,2-16,27-28H2,1H3. The van der Waals surface area contributed by atoms with Gasteiger partial charge < -0.3 is 0 Å². The minimum absolute atomic E-state index is 0.0434. The van der Waals surface area contributed by atoms with Gasteiger partial charge >= 0.3 is 0 Å². The summed E-state index contributed by atoms with van der Waals surface area (Å²) in [5.74, 6) is -0.927. The first-order chi connectivity index (χ1) is 23.1. The van der Waals surface area contributed by atoms with Crippen molar-refractivity contribution in [1.82, 2.24) is 20.2 Å². The summed E-state index contributed by atoms with van der Waals surface area (Å²) >= 11 is 1.30. The molecule has 250 valence electrons. The number of imide groups is 1. The molecule has 9 heteroatoms. The van der Waals surface area contributed by atoms with Gasteiger partial charge in [0.15, 0.2) is 5.78 Å². The van der Waals surface area contributed by atoms with Gasteiger partial charge in [-0.25, -0.2) is 4.90 Å². The van der Waals surface area contributed by atoms with E-state index in [-0.39, 0.29) is 24.0 Å². The zero-order chi connectivity index (χ0) is 32.8. The van der Waals surface area contributed by atoms with Crippen LogP contribution in [0.15, 0.2) is 65.8 Å². The van der Waals surface area contributed by atoms with Gasteiger partial charge in [-0.05, 0) is 53.5 Å². The number of carbonyl (C=O) groups excluding carboxylic acids is 3. The Morgan fingerprint density at radius 1 is 0.787 bits per heavy atom. The molecule has 1 aliphatic heterocycles. The quantitative estimate of drug-likeness (QED) is 0.0681. The number of allylic oxidation sites excluding steroid dienone is 1. The highest BCUT2D eigenvalue weighted by molar-refractivity contribution is 8.00. The summed E-state index contributed by atoms with van der Waals surface area (Å²) in [7, 11) is 0. The van der Waals surface area contributed by atoms with E-state index in [0.29, 0.717) is 22.8 Å². The maximum atomic E-state index is 13.5. The fourth-order valence-electron chi connectivity index (χ4n) is 6.66. The maximum absolute atomic E-state index is 13.5. The van der Waals surface area contributed by atoms with Crippen molar-refractivity contribution in [2.75, 3.05) is 4.90 Å². The number of para-hydroxylation sites is 1. The summed E-state index contributed by atoms with van der Waals surface area (Å²) in [5.41, 5.74) is 2.62. The number of amides is 2. The van der Waals surface area contributed by atoms with Gasteiger partial charge in [-0.3, -0.25) is 14.4 Å². The molecule has 2 aromatic carbocycles. The van der Waals surface area contributed by atoms with Crippen molar-refractivity contribution >= 4 is 35.0 Å². The Balaban J connectivity index is 1.05. The summed E-state index contributed by atoms with van der Waals surface area (Å²) in [6.07, 6.45) is 24.1. The summed E-state index contributed by atoms with van der Waals surface area (Å²) < 4.78 is 1.62. The Kier molecular flexibility index (Phi) is 13.4. The number of Topliss-reactive ketones (excluding diaryl/α,β-unsaturated/α-hetero) is 1. The van der Waals surface area contributed by atoms with Gasteiger partial charge in [-0.1, -0.05) is 145 Å². The number of hydrogen-bond donors (Lipinski definition) is 0. The molecule has 0 radical (unpaired) electrons. The lowest BCUT2D eigenvalue weighted by Gasteiger charge is -2.18. The van der Waals surface area contributed by atoms with Crippen LogP contribution in [0.5, 0.6) is 0 Å². The number of anilines is 1. The molecule has 1 saturated heterocycles. The monoisotopic (exact) mass is 655 g/mol. The first-order valence-corrected chi connectivity index (χ1v) is 18.7. The number of rotatable bonds is 20. The van der Waals surface area contributed by atoms with E-state index in [1.807, 2.05) is 36.4 Å². The minimum atomic E-state index is -0.456. The smallest absolute Gasteiger partial charge is 0.241 e. The number of tetrazole rings is 1. The SMILES string of the molecule is CCCCCCCCCCCCCCCCC=CC1CC(=O)N(c2cccc3c2CC(Sc2nnnn2-c2ccccc2)C3=O)C1=O. The molecular formula is C38H49N5O3S. The molecule has 1 aromatic heterocycles. The largest absolute Gasteiger partial charge is 0.293 e. The highest BCUT2D eigenvalue weighted by Gasteiger charge is 2.42. The third-order valence-corrected chi connectivity index (χ3v) is 10.4. The molecular weight excluding hydrogens is 607 g/mol. The number of thioether (sulfide) groups is 1. The maximum Gasteiger partial charge on any atom is 0.241 e. The zero-order valence-corrected chi connectivity index (χ0v) is 28.6. The van der Waals surface area contributed by atoms with Crippen molar-refractivity contribution in [3.05, 3.63) is 71.8 Å². The third kappa shape index (κ3) is 9.28. The Morgan fingerprint density at radius 3 is 2.13 bits per heavy atom. The normalized spacial score (nSPS) is 17.8. The molecule has 1 aliphatic carbocycles. The number of ketones is 1. The van der Waals surface area contributed by atoms with E-state index in [4.69, 9.17) is 0 Å². The predicted molar refractivity (Wildman–Crippen MR) is 188 cm³/mol. The Labute approximate surface area is 283 Å². The molecule has 5 rings (SSSR count). The molecule has 0 N–H and O–H groups in total. The van der Waals surface area contributed by atoms with Crippen LogP contribution < -0.4 is 4.90 Å². The van der Waals surface area contributed by atoms with Crippen molar-refractivity contribution in [2.24, 2.45) is 5.92 Å². The van der Waals surface area contributed by atoms with Crippen molar-refractivity contribution in [3.63, 3.8) is 0 Å². The molecule has 8 nitrogen and oxygen atoms in total. The molecule has 2 heterocycles. The van der Waals surface area contributed by atoms with E-state index in [9.17, 15) is 14.4 Å². The van der Waals surface area contributed by atoms with Gasteiger partial charge in [0.05, 0.1) is 22.5 Å². The van der Waals surface area contributed by atoms with Crippen LogP contribution in [0.3, 0.4) is 0 Å². The first-order valence-electron chi connectivity index (χ1n) is 17.8. The summed E-state index contributed by atoms with van der Waals surface area (Å²) in [6.45, 7) is 2.27. The molecule has 2 unspecified atom stereocenters. The highest BCUT2D eigenvalue weighted by Crippen LogP contribution is 2.40. The van der Waals surface area contributed by atoms with Crippen LogP contribution in [0.1, 0.15) is 126 Å². The summed E-state index contributed by atoms with van der Waals surface area (Å²) in [6, 6.07) is 14.8. The molecule has 2 amide bonds. The molecule has 3 aromatic rings. The molecule has 0 bridgehead atoms. The lowest BCUT2D eigenvalue weighted by Crippen LogP contribution is -2.31. The number of unbranched alkanes of at least 4 members (excludes halogenated alkanes) is 14. The van der Waals surface area contributed by atoms with Gasteiger partial charge in [0.25, 0.3) is 0 Å². The van der Waals surface area contributed by atoms with E-state index >= 15 is 0 Å². The Bertz CT molecular complexity index is 1500. The summed E-state index contributed by atoms with van der Waals surface area (Å²) in [4.78, 5) is 41.3.